The zero-order chi connectivity index (χ0) is 14.7. The lowest BCUT2D eigenvalue weighted by molar-refractivity contribution is 0.278. The van der Waals surface area contributed by atoms with E-state index in [-0.39, 0.29) is 6.61 Å². The Kier molecular flexibility index (Phi) is 3.75. The van der Waals surface area contributed by atoms with Crippen LogP contribution in [0.2, 0.25) is 0 Å². The van der Waals surface area contributed by atoms with Crippen LogP contribution < -0.4 is 10.1 Å². The van der Waals surface area contributed by atoms with Crippen LogP contribution >= 0.6 is 0 Å². The molecule has 0 amide bonds. The number of imidazole rings is 1. The van der Waals surface area contributed by atoms with E-state index in [1.54, 1.807) is 7.11 Å². The van der Waals surface area contributed by atoms with E-state index in [4.69, 9.17) is 4.74 Å². The molecule has 1 aromatic heterocycles. The van der Waals surface area contributed by atoms with Gasteiger partial charge in [0.25, 0.3) is 0 Å². The molecule has 2 aromatic carbocycles. The lowest BCUT2D eigenvalue weighted by atomic mass is 10.3. The van der Waals surface area contributed by atoms with Crippen molar-refractivity contribution in [3.63, 3.8) is 0 Å². The van der Waals surface area contributed by atoms with Crippen LogP contribution in [0, 0.1) is 0 Å². The number of rotatable bonds is 5. The SMILES string of the molecule is COc1ccc(Nc2nc3ccccc3n2CCO)cc1. The fraction of sp³-hybridized carbons (Fsp3) is 0.188. The zero-order valence-corrected chi connectivity index (χ0v) is 11.8. The molecule has 2 N–H and O–H groups in total. The van der Waals surface area contributed by atoms with E-state index in [0.29, 0.717) is 6.54 Å². The van der Waals surface area contributed by atoms with Crippen molar-refractivity contribution in [3.05, 3.63) is 48.5 Å². The smallest absolute Gasteiger partial charge is 0.208 e. The number of aromatic nitrogens is 2. The largest absolute Gasteiger partial charge is 0.497 e. The maximum Gasteiger partial charge on any atom is 0.208 e. The van der Waals surface area contributed by atoms with E-state index < -0.39 is 0 Å². The first-order chi connectivity index (χ1) is 10.3. The summed E-state index contributed by atoms with van der Waals surface area (Å²) >= 11 is 0. The van der Waals surface area contributed by atoms with Gasteiger partial charge in [-0.05, 0) is 36.4 Å². The minimum atomic E-state index is 0.0671. The number of aliphatic hydroxyl groups excluding tert-OH is 1. The van der Waals surface area contributed by atoms with E-state index in [2.05, 4.69) is 10.3 Å². The molecule has 0 unspecified atom stereocenters. The van der Waals surface area contributed by atoms with Gasteiger partial charge in [0.2, 0.25) is 5.95 Å². The highest BCUT2D eigenvalue weighted by molar-refractivity contribution is 5.79. The molecule has 5 heteroatoms. The fourth-order valence-electron chi connectivity index (χ4n) is 2.30. The summed E-state index contributed by atoms with van der Waals surface area (Å²) in [6.07, 6.45) is 0. The predicted octanol–water partition coefficient (Wildman–Crippen LogP) is 2.78. The Morgan fingerprint density at radius 1 is 1.14 bits per heavy atom. The maximum absolute atomic E-state index is 9.26. The number of ether oxygens (including phenoxy) is 1. The summed E-state index contributed by atoms with van der Waals surface area (Å²) in [7, 11) is 1.64. The summed E-state index contributed by atoms with van der Waals surface area (Å²) in [5, 5.41) is 12.5. The molecule has 1 heterocycles. The molecule has 3 rings (SSSR count). The number of fused-ring (bicyclic) bond motifs is 1. The lowest BCUT2D eigenvalue weighted by Crippen LogP contribution is -2.06. The topological polar surface area (TPSA) is 59.3 Å². The van der Waals surface area contributed by atoms with Gasteiger partial charge in [0, 0.05) is 12.2 Å². The Labute approximate surface area is 122 Å². The average molecular weight is 283 g/mol. The monoisotopic (exact) mass is 283 g/mol. The Hall–Kier alpha value is -2.53. The van der Waals surface area contributed by atoms with Crippen molar-refractivity contribution in [1.82, 2.24) is 9.55 Å². The Balaban J connectivity index is 1.96. The second kappa shape index (κ2) is 5.85. The van der Waals surface area contributed by atoms with Crippen LogP contribution in [0.5, 0.6) is 5.75 Å². The number of benzene rings is 2. The Morgan fingerprint density at radius 2 is 1.90 bits per heavy atom. The van der Waals surface area contributed by atoms with Gasteiger partial charge in [0.05, 0.1) is 24.8 Å². The average Bonchev–Trinajstić information content (AvgIpc) is 2.86. The van der Waals surface area contributed by atoms with Crippen LogP contribution in [0.25, 0.3) is 11.0 Å². The van der Waals surface area contributed by atoms with Crippen LogP contribution in [-0.4, -0.2) is 28.4 Å². The normalized spacial score (nSPS) is 10.8. The molecule has 0 saturated heterocycles. The van der Waals surface area contributed by atoms with Crippen molar-refractivity contribution >= 4 is 22.7 Å². The third kappa shape index (κ3) is 2.68. The van der Waals surface area contributed by atoms with Crippen molar-refractivity contribution in [2.24, 2.45) is 0 Å². The standard InChI is InChI=1S/C16H17N3O2/c1-21-13-8-6-12(7-9-13)17-16-18-14-4-2-3-5-15(14)19(16)10-11-20/h2-9,20H,10-11H2,1H3,(H,17,18). The van der Waals surface area contributed by atoms with Crippen molar-refractivity contribution in [1.29, 1.82) is 0 Å². The minimum absolute atomic E-state index is 0.0671. The van der Waals surface area contributed by atoms with E-state index in [1.165, 1.54) is 0 Å². The maximum atomic E-state index is 9.26. The molecule has 0 saturated carbocycles. The summed E-state index contributed by atoms with van der Waals surface area (Å²) in [6.45, 7) is 0.566. The molecule has 0 atom stereocenters. The van der Waals surface area contributed by atoms with E-state index in [9.17, 15) is 5.11 Å². The van der Waals surface area contributed by atoms with Gasteiger partial charge in [-0.3, -0.25) is 0 Å². The number of hydrogen-bond donors (Lipinski definition) is 2. The number of anilines is 2. The number of para-hydroxylation sites is 2. The van der Waals surface area contributed by atoms with Crippen molar-refractivity contribution in [2.45, 2.75) is 6.54 Å². The van der Waals surface area contributed by atoms with E-state index in [0.717, 1.165) is 28.4 Å². The summed E-state index contributed by atoms with van der Waals surface area (Å²) in [5.41, 5.74) is 2.83. The number of nitrogens with one attached hydrogen (secondary N) is 1. The summed E-state index contributed by atoms with van der Waals surface area (Å²) < 4.78 is 7.12. The molecule has 0 radical (unpaired) electrons. The molecule has 21 heavy (non-hydrogen) atoms. The fourth-order valence-corrected chi connectivity index (χ4v) is 2.30. The summed E-state index contributed by atoms with van der Waals surface area (Å²) in [5.74, 6) is 1.53. The van der Waals surface area contributed by atoms with Crippen molar-refractivity contribution < 1.29 is 9.84 Å². The molecule has 5 nitrogen and oxygen atoms in total. The molecular formula is C16H17N3O2. The summed E-state index contributed by atoms with van der Waals surface area (Å²) in [6, 6.07) is 15.5. The third-order valence-corrected chi connectivity index (χ3v) is 3.32. The number of aliphatic hydroxyl groups is 1. The van der Waals surface area contributed by atoms with Gasteiger partial charge >= 0.3 is 0 Å². The molecule has 0 aliphatic heterocycles. The first-order valence-electron chi connectivity index (χ1n) is 6.79. The Bertz CT molecular complexity index is 735. The van der Waals surface area contributed by atoms with Gasteiger partial charge in [0.1, 0.15) is 5.75 Å². The van der Waals surface area contributed by atoms with Gasteiger partial charge < -0.3 is 19.7 Å². The molecule has 0 fully saturated rings. The third-order valence-electron chi connectivity index (χ3n) is 3.32. The number of nitrogens with zero attached hydrogens (tertiary/aromatic N) is 2. The highest BCUT2D eigenvalue weighted by Gasteiger charge is 2.10. The van der Waals surface area contributed by atoms with Crippen LogP contribution in [-0.2, 0) is 6.54 Å². The first kappa shape index (κ1) is 13.5. The first-order valence-corrected chi connectivity index (χ1v) is 6.79. The van der Waals surface area contributed by atoms with E-state index >= 15 is 0 Å². The van der Waals surface area contributed by atoms with E-state index in [1.807, 2.05) is 53.1 Å². The van der Waals surface area contributed by atoms with Gasteiger partial charge in [0.15, 0.2) is 0 Å². The molecule has 0 spiro atoms. The zero-order valence-electron chi connectivity index (χ0n) is 11.8. The van der Waals surface area contributed by atoms with Crippen LogP contribution in [0.15, 0.2) is 48.5 Å². The second-order valence-corrected chi connectivity index (χ2v) is 4.65. The van der Waals surface area contributed by atoms with Gasteiger partial charge in [-0.2, -0.15) is 0 Å². The molecular weight excluding hydrogens is 266 g/mol. The molecule has 0 bridgehead atoms. The molecule has 108 valence electrons. The lowest BCUT2D eigenvalue weighted by Gasteiger charge is -2.10. The molecule has 0 aliphatic carbocycles. The van der Waals surface area contributed by atoms with Crippen molar-refractivity contribution in [2.75, 3.05) is 19.0 Å². The van der Waals surface area contributed by atoms with Gasteiger partial charge in [-0.1, -0.05) is 12.1 Å². The highest BCUT2D eigenvalue weighted by Crippen LogP contribution is 2.23. The highest BCUT2D eigenvalue weighted by atomic mass is 16.5. The van der Waals surface area contributed by atoms with Crippen LogP contribution in [0.3, 0.4) is 0 Å². The second-order valence-electron chi connectivity index (χ2n) is 4.65. The minimum Gasteiger partial charge on any atom is -0.497 e. The molecule has 3 aromatic rings. The quantitative estimate of drug-likeness (QED) is 0.756. The number of methoxy groups -OCH3 is 1. The van der Waals surface area contributed by atoms with Crippen LogP contribution in [0.1, 0.15) is 0 Å². The summed E-state index contributed by atoms with van der Waals surface area (Å²) in [4.78, 5) is 4.58. The Morgan fingerprint density at radius 3 is 2.62 bits per heavy atom. The molecule has 0 aliphatic rings. The van der Waals surface area contributed by atoms with Gasteiger partial charge in [-0.25, -0.2) is 4.98 Å². The predicted molar refractivity (Wildman–Crippen MR) is 83.1 cm³/mol. The van der Waals surface area contributed by atoms with Gasteiger partial charge in [-0.15, -0.1) is 0 Å². The van der Waals surface area contributed by atoms with Crippen molar-refractivity contribution in [3.8, 4) is 5.75 Å². The number of hydrogen-bond acceptors (Lipinski definition) is 4. The van der Waals surface area contributed by atoms with Crippen LogP contribution in [0.4, 0.5) is 11.6 Å².